The molecule has 1 aromatic carbocycles. The summed E-state index contributed by atoms with van der Waals surface area (Å²) < 4.78 is 16.2. The topological polar surface area (TPSA) is 56.6 Å². The monoisotopic (exact) mass is 475 g/mol. The Morgan fingerprint density at radius 2 is 1.94 bits per heavy atom. The molecule has 3 aromatic heterocycles. The molecule has 1 saturated heterocycles. The van der Waals surface area contributed by atoms with Gasteiger partial charge in [-0.05, 0) is 80.1 Å². The Hall–Kier alpha value is -3.19. The lowest BCUT2D eigenvalue weighted by Gasteiger charge is -2.32. The number of pyridine rings is 1. The van der Waals surface area contributed by atoms with E-state index in [4.69, 9.17) is 0 Å². The van der Waals surface area contributed by atoms with E-state index in [0.717, 1.165) is 42.7 Å². The summed E-state index contributed by atoms with van der Waals surface area (Å²) in [6, 6.07) is 10.7. The van der Waals surface area contributed by atoms with Crippen molar-refractivity contribution in [1.82, 2.24) is 24.4 Å². The lowest BCUT2D eigenvalue weighted by molar-refractivity contribution is -0.130. The number of H-pyrrole nitrogens is 1. The van der Waals surface area contributed by atoms with E-state index < -0.39 is 0 Å². The quantitative estimate of drug-likeness (QED) is 0.425. The highest BCUT2D eigenvalue weighted by Crippen LogP contribution is 2.38. The van der Waals surface area contributed by atoms with Gasteiger partial charge in [0.15, 0.2) is 5.82 Å². The van der Waals surface area contributed by atoms with Crippen molar-refractivity contribution in [3.05, 3.63) is 59.2 Å². The number of amides is 1. The zero-order valence-corrected chi connectivity index (χ0v) is 21.2. The van der Waals surface area contributed by atoms with Crippen LogP contribution in [0.15, 0.2) is 36.5 Å². The first kappa shape index (κ1) is 23.5. The lowest BCUT2D eigenvalue weighted by atomic mass is 9.87. The van der Waals surface area contributed by atoms with Crippen LogP contribution < -0.4 is 0 Å². The van der Waals surface area contributed by atoms with Gasteiger partial charge in [-0.1, -0.05) is 19.9 Å². The number of nitrogens with zero attached hydrogens (tertiary/aromatic N) is 4. The minimum atomic E-state index is -0.269. The minimum Gasteiger partial charge on any atom is -0.354 e. The van der Waals surface area contributed by atoms with Gasteiger partial charge < -0.3 is 9.88 Å². The first-order chi connectivity index (χ1) is 16.7. The Bertz CT molecular complexity index is 1390. The maximum Gasteiger partial charge on any atom is 0.236 e. The summed E-state index contributed by atoms with van der Waals surface area (Å²) in [7, 11) is 3.62. The van der Waals surface area contributed by atoms with Crippen LogP contribution in [0.3, 0.4) is 0 Å². The van der Waals surface area contributed by atoms with Crippen molar-refractivity contribution in [2.24, 2.45) is 0 Å². The van der Waals surface area contributed by atoms with E-state index in [0.29, 0.717) is 29.6 Å². The average molecular weight is 476 g/mol. The number of likely N-dealkylation sites (tertiary alicyclic amines) is 1. The SMILES string of the molecule is Cc1nn2ccc(-c3[nH]c4ccc(C5CCN(CC(=O)N(C)C)CC5)cc4c3C(C)C)cc2c1F. The summed E-state index contributed by atoms with van der Waals surface area (Å²) >= 11 is 0. The third-order valence-electron chi connectivity index (χ3n) is 7.38. The molecule has 1 aliphatic heterocycles. The van der Waals surface area contributed by atoms with Crippen LogP contribution in [0.5, 0.6) is 0 Å². The number of aryl methyl sites for hydroxylation is 1. The van der Waals surface area contributed by atoms with E-state index >= 15 is 0 Å². The van der Waals surface area contributed by atoms with Gasteiger partial charge in [-0.25, -0.2) is 8.91 Å². The molecule has 0 radical (unpaired) electrons. The van der Waals surface area contributed by atoms with Crippen molar-refractivity contribution in [1.29, 1.82) is 0 Å². The fourth-order valence-corrected chi connectivity index (χ4v) is 5.36. The van der Waals surface area contributed by atoms with Crippen molar-refractivity contribution < 1.29 is 9.18 Å². The van der Waals surface area contributed by atoms with Gasteiger partial charge in [0.25, 0.3) is 0 Å². The third-order valence-corrected chi connectivity index (χ3v) is 7.38. The Balaban J connectivity index is 1.46. The summed E-state index contributed by atoms with van der Waals surface area (Å²) in [5.41, 5.74) is 6.64. The molecule has 0 unspecified atom stereocenters. The third kappa shape index (κ3) is 4.33. The number of nitrogens with one attached hydrogen (secondary N) is 1. The van der Waals surface area contributed by atoms with E-state index in [9.17, 15) is 9.18 Å². The highest BCUT2D eigenvalue weighted by Gasteiger charge is 2.24. The maximum atomic E-state index is 14.6. The number of aromatic nitrogens is 3. The normalized spacial score (nSPS) is 15.5. The van der Waals surface area contributed by atoms with Crippen LogP contribution >= 0.6 is 0 Å². The molecule has 0 atom stereocenters. The summed E-state index contributed by atoms with van der Waals surface area (Å²) in [4.78, 5) is 19.6. The molecule has 5 rings (SSSR count). The van der Waals surface area contributed by atoms with Crippen molar-refractivity contribution in [2.45, 2.75) is 45.4 Å². The number of benzene rings is 1. The van der Waals surface area contributed by atoms with Gasteiger partial charge in [-0.2, -0.15) is 5.10 Å². The Labute approximate surface area is 205 Å². The van der Waals surface area contributed by atoms with E-state index in [1.54, 1.807) is 16.3 Å². The van der Waals surface area contributed by atoms with Crippen LogP contribution in [0.4, 0.5) is 4.39 Å². The predicted molar refractivity (Wildman–Crippen MR) is 138 cm³/mol. The minimum absolute atomic E-state index is 0.162. The second-order valence-corrected chi connectivity index (χ2v) is 10.4. The molecule has 0 aliphatic carbocycles. The number of hydrogen-bond acceptors (Lipinski definition) is 3. The molecular weight excluding hydrogens is 441 g/mol. The Kier molecular flexibility index (Phi) is 6.13. The number of fused-ring (bicyclic) bond motifs is 2. The van der Waals surface area contributed by atoms with Crippen molar-refractivity contribution in [2.75, 3.05) is 33.7 Å². The molecule has 0 bridgehead atoms. The molecule has 184 valence electrons. The van der Waals surface area contributed by atoms with Gasteiger partial charge in [0.2, 0.25) is 5.91 Å². The first-order valence-corrected chi connectivity index (χ1v) is 12.5. The summed E-state index contributed by atoms with van der Waals surface area (Å²) in [5.74, 6) is 0.690. The van der Waals surface area contributed by atoms with Gasteiger partial charge in [-0.3, -0.25) is 9.69 Å². The number of halogens is 1. The van der Waals surface area contributed by atoms with Gasteiger partial charge in [0.1, 0.15) is 5.52 Å². The molecule has 1 amide bonds. The molecule has 1 aliphatic rings. The van der Waals surface area contributed by atoms with Crippen LogP contribution in [0.1, 0.15) is 55.3 Å². The number of piperidine rings is 1. The maximum absolute atomic E-state index is 14.6. The van der Waals surface area contributed by atoms with Gasteiger partial charge in [0.05, 0.1) is 17.9 Å². The molecular formula is C28H34FN5O. The van der Waals surface area contributed by atoms with Crippen LogP contribution in [0.2, 0.25) is 0 Å². The molecule has 0 spiro atoms. The number of aromatic amines is 1. The molecule has 1 N–H and O–H groups in total. The standard InChI is InChI=1S/C28H34FN5O/c1-17(2)26-22-14-20(19-8-11-33(12-9-19)16-25(35)32(4)5)6-7-23(22)30-28(26)21-10-13-34-24(15-21)27(29)18(3)31-34/h6-7,10,13-15,17,19,30H,8-9,11-12,16H2,1-5H3. The van der Waals surface area contributed by atoms with Crippen LogP contribution in [-0.4, -0.2) is 64.0 Å². The van der Waals surface area contributed by atoms with E-state index in [2.05, 4.69) is 47.0 Å². The second-order valence-electron chi connectivity index (χ2n) is 10.4. The molecule has 0 saturated carbocycles. The van der Waals surface area contributed by atoms with E-state index in [1.807, 2.05) is 32.4 Å². The van der Waals surface area contributed by atoms with Crippen molar-refractivity contribution in [3.63, 3.8) is 0 Å². The smallest absolute Gasteiger partial charge is 0.236 e. The first-order valence-electron chi connectivity index (χ1n) is 12.5. The highest BCUT2D eigenvalue weighted by atomic mass is 19.1. The summed E-state index contributed by atoms with van der Waals surface area (Å²) in [5, 5.41) is 5.49. The van der Waals surface area contributed by atoms with E-state index in [1.165, 1.54) is 16.5 Å². The molecule has 4 aromatic rings. The molecule has 7 heteroatoms. The number of hydrogen-bond donors (Lipinski definition) is 1. The average Bonchev–Trinajstić information content (AvgIpc) is 3.36. The predicted octanol–water partition coefficient (Wildman–Crippen LogP) is 5.32. The van der Waals surface area contributed by atoms with Crippen LogP contribution in [0, 0.1) is 12.7 Å². The molecule has 1 fully saturated rings. The van der Waals surface area contributed by atoms with Crippen LogP contribution in [-0.2, 0) is 4.79 Å². The molecule has 6 nitrogen and oxygen atoms in total. The van der Waals surface area contributed by atoms with Crippen molar-refractivity contribution in [3.8, 4) is 11.3 Å². The number of rotatable bonds is 5. The fourth-order valence-electron chi connectivity index (χ4n) is 5.36. The summed E-state index contributed by atoms with van der Waals surface area (Å²) in [6.45, 7) is 8.49. The van der Waals surface area contributed by atoms with Crippen molar-refractivity contribution >= 4 is 22.3 Å². The second kappa shape index (κ2) is 9.11. The van der Waals surface area contributed by atoms with Gasteiger partial charge in [-0.15, -0.1) is 0 Å². The number of carbonyl (C=O) groups is 1. The fraction of sp³-hybridized carbons (Fsp3) is 0.429. The Morgan fingerprint density at radius 1 is 1.20 bits per heavy atom. The summed E-state index contributed by atoms with van der Waals surface area (Å²) in [6.07, 6.45) is 3.94. The van der Waals surface area contributed by atoms with Gasteiger partial charge in [0, 0.05) is 36.8 Å². The zero-order chi connectivity index (χ0) is 24.9. The Morgan fingerprint density at radius 3 is 2.63 bits per heavy atom. The lowest BCUT2D eigenvalue weighted by Crippen LogP contribution is -2.40. The largest absolute Gasteiger partial charge is 0.354 e. The van der Waals surface area contributed by atoms with Crippen LogP contribution in [0.25, 0.3) is 27.7 Å². The molecule has 4 heterocycles. The molecule has 35 heavy (non-hydrogen) atoms. The van der Waals surface area contributed by atoms with Gasteiger partial charge >= 0.3 is 0 Å². The number of likely N-dealkylation sites (N-methyl/N-ethyl adjacent to an activating group) is 1. The highest BCUT2D eigenvalue weighted by molar-refractivity contribution is 5.92. The zero-order valence-electron chi connectivity index (χ0n) is 21.2. The number of carbonyl (C=O) groups excluding carboxylic acids is 1. The van der Waals surface area contributed by atoms with E-state index in [-0.39, 0.29) is 11.7 Å².